The van der Waals surface area contributed by atoms with Gasteiger partial charge in [-0.2, -0.15) is 5.10 Å². The van der Waals surface area contributed by atoms with Crippen LogP contribution in [0.3, 0.4) is 0 Å². The van der Waals surface area contributed by atoms with Crippen LogP contribution >= 0.6 is 34.8 Å². The lowest BCUT2D eigenvalue weighted by molar-refractivity contribution is 0.622. The third-order valence-corrected chi connectivity index (χ3v) is 6.00. The molecule has 1 aliphatic rings. The minimum absolute atomic E-state index is 0.184. The number of benzene rings is 2. The summed E-state index contributed by atoms with van der Waals surface area (Å²) in [6.07, 6.45) is 1.66. The van der Waals surface area contributed by atoms with Gasteiger partial charge in [0.25, 0.3) is 5.56 Å². The van der Waals surface area contributed by atoms with Crippen molar-refractivity contribution < 1.29 is 0 Å². The summed E-state index contributed by atoms with van der Waals surface area (Å²) in [5.74, 6) is 0. The first kappa shape index (κ1) is 20.1. The molecule has 1 aliphatic heterocycles. The number of halogens is 3. The van der Waals surface area contributed by atoms with E-state index in [0.717, 1.165) is 42.5 Å². The van der Waals surface area contributed by atoms with Gasteiger partial charge in [0.05, 0.1) is 18.4 Å². The largest absolute Gasteiger partial charge is 0.368 e. The Morgan fingerprint density at radius 1 is 0.897 bits per heavy atom. The van der Waals surface area contributed by atoms with E-state index in [1.54, 1.807) is 12.3 Å². The molecule has 1 saturated heterocycles. The van der Waals surface area contributed by atoms with Crippen molar-refractivity contribution in [3.8, 4) is 0 Å². The maximum atomic E-state index is 12.7. The van der Waals surface area contributed by atoms with Crippen LogP contribution in [0, 0.1) is 0 Å². The average Bonchev–Trinajstić information content (AvgIpc) is 2.73. The normalized spacial score (nSPS) is 14.3. The first-order chi connectivity index (χ1) is 14.0. The van der Waals surface area contributed by atoms with Gasteiger partial charge in [0, 0.05) is 41.9 Å². The minimum atomic E-state index is -0.318. The van der Waals surface area contributed by atoms with E-state index >= 15 is 0 Å². The van der Waals surface area contributed by atoms with Crippen LogP contribution in [0.25, 0.3) is 0 Å². The average molecular weight is 450 g/mol. The molecule has 8 heteroatoms. The fourth-order valence-electron chi connectivity index (χ4n) is 3.46. The van der Waals surface area contributed by atoms with Crippen molar-refractivity contribution in [2.24, 2.45) is 0 Å². The van der Waals surface area contributed by atoms with E-state index in [9.17, 15) is 4.79 Å². The summed E-state index contributed by atoms with van der Waals surface area (Å²) in [5.41, 5.74) is 2.26. The molecule has 0 N–H and O–H groups in total. The van der Waals surface area contributed by atoms with Gasteiger partial charge in [-0.15, -0.1) is 0 Å². The molecule has 0 spiro atoms. The first-order valence-corrected chi connectivity index (χ1v) is 10.4. The predicted octanol–water partition coefficient (Wildman–Crippen LogP) is 4.58. The van der Waals surface area contributed by atoms with E-state index in [0.29, 0.717) is 10.7 Å². The Kier molecular flexibility index (Phi) is 5.99. The highest BCUT2D eigenvalue weighted by molar-refractivity contribution is 6.33. The van der Waals surface area contributed by atoms with E-state index < -0.39 is 0 Å². The third kappa shape index (κ3) is 4.37. The van der Waals surface area contributed by atoms with Crippen molar-refractivity contribution in [3.63, 3.8) is 0 Å². The van der Waals surface area contributed by atoms with Crippen LogP contribution in [0.5, 0.6) is 0 Å². The molecule has 29 heavy (non-hydrogen) atoms. The molecule has 0 atom stereocenters. The Labute approximate surface area is 184 Å². The van der Waals surface area contributed by atoms with Crippen LogP contribution < -0.4 is 15.4 Å². The summed E-state index contributed by atoms with van der Waals surface area (Å²) in [5, 5.41) is 5.83. The molecule has 1 fully saturated rings. The second-order valence-electron chi connectivity index (χ2n) is 6.85. The Morgan fingerprint density at radius 2 is 1.62 bits per heavy atom. The van der Waals surface area contributed by atoms with Gasteiger partial charge < -0.3 is 9.80 Å². The Balaban J connectivity index is 1.49. The van der Waals surface area contributed by atoms with Gasteiger partial charge in [0.2, 0.25) is 0 Å². The summed E-state index contributed by atoms with van der Waals surface area (Å²) in [6.45, 7) is 3.36. The molecular weight excluding hydrogens is 431 g/mol. The zero-order chi connectivity index (χ0) is 20.4. The van der Waals surface area contributed by atoms with Crippen LogP contribution in [0.1, 0.15) is 5.56 Å². The molecule has 2 aromatic carbocycles. The van der Waals surface area contributed by atoms with Crippen LogP contribution in [0.2, 0.25) is 15.1 Å². The second-order valence-corrected chi connectivity index (χ2v) is 8.07. The fraction of sp³-hybridized carbons (Fsp3) is 0.238. The van der Waals surface area contributed by atoms with Gasteiger partial charge in [-0.25, -0.2) is 4.68 Å². The number of nitrogens with zero attached hydrogens (tertiary/aromatic N) is 4. The molecule has 0 unspecified atom stereocenters. The van der Waals surface area contributed by atoms with Crippen LogP contribution in [0.15, 0.2) is 59.5 Å². The molecule has 0 saturated carbocycles. The van der Waals surface area contributed by atoms with Gasteiger partial charge in [0.15, 0.2) is 0 Å². The highest BCUT2D eigenvalue weighted by atomic mass is 35.5. The molecule has 0 amide bonds. The molecule has 1 aromatic heterocycles. The Bertz CT molecular complexity index is 1080. The van der Waals surface area contributed by atoms with Gasteiger partial charge in [0.1, 0.15) is 5.02 Å². The van der Waals surface area contributed by atoms with Crippen molar-refractivity contribution in [1.29, 1.82) is 0 Å². The van der Waals surface area contributed by atoms with Crippen molar-refractivity contribution in [3.05, 3.63) is 85.7 Å². The third-order valence-electron chi connectivity index (χ3n) is 5.04. The number of aromatic nitrogens is 2. The molecule has 3 aromatic rings. The highest BCUT2D eigenvalue weighted by Gasteiger charge is 2.22. The van der Waals surface area contributed by atoms with Crippen LogP contribution in [-0.2, 0) is 6.54 Å². The molecule has 0 bridgehead atoms. The zero-order valence-electron chi connectivity index (χ0n) is 15.6. The monoisotopic (exact) mass is 448 g/mol. The summed E-state index contributed by atoms with van der Waals surface area (Å²) >= 11 is 18.7. The number of hydrogen-bond acceptors (Lipinski definition) is 4. The maximum Gasteiger partial charge on any atom is 0.287 e. The topological polar surface area (TPSA) is 41.4 Å². The Morgan fingerprint density at radius 3 is 2.34 bits per heavy atom. The molecule has 4 rings (SSSR count). The Hall–Kier alpha value is -2.21. The van der Waals surface area contributed by atoms with E-state index in [4.69, 9.17) is 34.8 Å². The number of piperazine rings is 1. The molecular formula is C21H19Cl3N4O. The molecule has 0 aliphatic carbocycles. The van der Waals surface area contributed by atoms with Crippen molar-refractivity contribution >= 4 is 46.2 Å². The number of rotatable bonds is 4. The lowest BCUT2D eigenvalue weighted by Crippen LogP contribution is -2.47. The molecule has 150 valence electrons. The maximum absolute atomic E-state index is 12.7. The fourth-order valence-corrected chi connectivity index (χ4v) is 4.10. The smallest absolute Gasteiger partial charge is 0.287 e. The predicted molar refractivity (Wildman–Crippen MR) is 120 cm³/mol. The summed E-state index contributed by atoms with van der Waals surface area (Å²) in [4.78, 5) is 17.1. The molecule has 5 nitrogen and oxygen atoms in total. The minimum Gasteiger partial charge on any atom is -0.368 e. The van der Waals surface area contributed by atoms with E-state index in [2.05, 4.69) is 14.9 Å². The zero-order valence-corrected chi connectivity index (χ0v) is 17.8. The van der Waals surface area contributed by atoms with Gasteiger partial charge in [-0.05, 0) is 29.8 Å². The van der Waals surface area contributed by atoms with Crippen LogP contribution in [0.4, 0.5) is 11.4 Å². The van der Waals surface area contributed by atoms with Gasteiger partial charge in [-0.1, -0.05) is 59.1 Å². The number of hydrogen-bond donors (Lipinski definition) is 0. The second kappa shape index (κ2) is 8.66. The summed E-state index contributed by atoms with van der Waals surface area (Å²) in [7, 11) is 0. The number of anilines is 2. The van der Waals surface area contributed by atoms with Crippen LogP contribution in [-0.4, -0.2) is 36.0 Å². The summed E-state index contributed by atoms with van der Waals surface area (Å²) < 4.78 is 1.34. The van der Waals surface area contributed by atoms with Gasteiger partial charge in [-0.3, -0.25) is 4.79 Å². The highest BCUT2D eigenvalue weighted by Crippen LogP contribution is 2.26. The molecule has 0 radical (unpaired) electrons. The van der Waals surface area contributed by atoms with E-state index in [1.165, 1.54) is 4.68 Å². The lowest BCUT2D eigenvalue weighted by atomic mass is 10.2. The molecule has 2 heterocycles. The van der Waals surface area contributed by atoms with Crippen molar-refractivity contribution in [2.75, 3.05) is 36.0 Å². The quantitative estimate of drug-likeness (QED) is 0.585. The lowest BCUT2D eigenvalue weighted by Gasteiger charge is -2.37. The first-order valence-electron chi connectivity index (χ1n) is 9.27. The van der Waals surface area contributed by atoms with Gasteiger partial charge >= 0.3 is 0 Å². The van der Waals surface area contributed by atoms with E-state index in [1.807, 2.05) is 42.5 Å². The van der Waals surface area contributed by atoms with E-state index in [-0.39, 0.29) is 17.1 Å². The van der Waals surface area contributed by atoms with Crippen molar-refractivity contribution in [1.82, 2.24) is 9.78 Å². The SMILES string of the molecule is O=c1c(Cl)c(N2CCN(c3cccc(Cl)c3)CC2)cnn1Cc1ccccc1Cl. The van der Waals surface area contributed by atoms with Crippen molar-refractivity contribution in [2.45, 2.75) is 6.54 Å². The standard InChI is InChI=1S/C21H19Cl3N4O/c22-16-5-3-6-17(12-16)26-8-10-27(11-9-26)19-13-25-28(21(29)20(19)24)14-15-4-1-2-7-18(15)23/h1-7,12-13H,8-11,14H2. The summed E-state index contributed by atoms with van der Waals surface area (Å²) in [6, 6.07) is 15.2.